The van der Waals surface area contributed by atoms with Crippen LogP contribution in [-0.2, 0) is 9.53 Å². The monoisotopic (exact) mass is 391 g/mol. The average Bonchev–Trinajstić information content (AvgIpc) is 3.47. The fourth-order valence-corrected chi connectivity index (χ4v) is 4.98. The highest BCUT2D eigenvalue weighted by atomic mass is 32.1. The summed E-state index contributed by atoms with van der Waals surface area (Å²) in [5.41, 5.74) is 0.964. The molecule has 1 N–H and O–H groups in total. The first-order valence-corrected chi connectivity index (χ1v) is 10.9. The molecular formula is C20H29N3O3S. The summed E-state index contributed by atoms with van der Waals surface area (Å²) >= 11 is 1.42. The fourth-order valence-electron chi connectivity index (χ4n) is 3.94. The first-order chi connectivity index (χ1) is 13.1. The predicted octanol–water partition coefficient (Wildman–Crippen LogP) is 2.59. The van der Waals surface area contributed by atoms with Gasteiger partial charge in [0.15, 0.2) is 0 Å². The number of hydrogen-bond donors (Lipinski definition) is 1. The summed E-state index contributed by atoms with van der Waals surface area (Å²) in [5, 5.41) is 3.77. The number of aryl methyl sites for hydroxylation is 1. The Morgan fingerprint density at radius 3 is 2.52 bits per heavy atom. The molecule has 1 aliphatic carbocycles. The summed E-state index contributed by atoms with van der Waals surface area (Å²) in [6.45, 7) is 8.49. The molecule has 1 aromatic heterocycles. The van der Waals surface area contributed by atoms with Crippen LogP contribution in [0, 0.1) is 18.8 Å². The van der Waals surface area contributed by atoms with Crippen molar-refractivity contribution in [3.8, 4) is 0 Å². The number of piperidine rings is 1. The molecule has 27 heavy (non-hydrogen) atoms. The highest BCUT2D eigenvalue weighted by Gasteiger charge is 2.31. The lowest BCUT2D eigenvalue weighted by Crippen LogP contribution is -2.44. The first-order valence-electron chi connectivity index (χ1n) is 10.1. The number of carbonyl (C=O) groups excluding carboxylic acids is 2. The van der Waals surface area contributed by atoms with Crippen LogP contribution in [0.25, 0.3) is 0 Å². The van der Waals surface area contributed by atoms with Crippen molar-refractivity contribution in [2.24, 2.45) is 11.8 Å². The molecule has 148 valence electrons. The van der Waals surface area contributed by atoms with Gasteiger partial charge in [0.05, 0.1) is 23.1 Å². The van der Waals surface area contributed by atoms with Crippen LogP contribution in [0.3, 0.4) is 0 Å². The topological polar surface area (TPSA) is 61.9 Å². The molecular weight excluding hydrogens is 362 g/mol. The van der Waals surface area contributed by atoms with Crippen molar-refractivity contribution in [1.82, 2.24) is 9.80 Å². The number of morpholine rings is 1. The third kappa shape index (κ3) is 4.70. The molecule has 3 heterocycles. The van der Waals surface area contributed by atoms with Gasteiger partial charge in [-0.3, -0.25) is 14.5 Å². The summed E-state index contributed by atoms with van der Waals surface area (Å²) in [6, 6.07) is 1.93. The molecule has 3 aliphatic rings. The number of amides is 2. The second kappa shape index (κ2) is 8.29. The van der Waals surface area contributed by atoms with Gasteiger partial charge in [0.2, 0.25) is 5.91 Å². The highest BCUT2D eigenvalue weighted by Crippen LogP contribution is 2.33. The number of nitrogens with one attached hydrogen (secondary N) is 1. The van der Waals surface area contributed by atoms with Crippen molar-refractivity contribution in [3.05, 3.63) is 16.5 Å². The molecule has 0 spiro atoms. The first kappa shape index (κ1) is 18.9. The molecule has 7 heteroatoms. The maximum atomic E-state index is 13.0. The minimum absolute atomic E-state index is 0.0965. The van der Waals surface area contributed by atoms with E-state index >= 15 is 0 Å². The van der Waals surface area contributed by atoms with Crippen LogP contribution in [0.15, 0.2) is 6.07 Å². The second-order valence-corrected chi connectivity index (χ2v) is 9.09. The van der Waals surface area contributed by atoms with Gasteiger partial charge in [-0.25, -0.2) is 0 Å². The van der Waals surface area contributed by atoms with E-state index in [1.807, 2.05) is 17.9 Å². The second-order valence-electron chi connectivity index (χ2n) is 8.03. The van der Waals surface area contributed by atoms with E-state index in [0.29, 0.717) is 5.92 Å². The van der Waals surface area contributed by atoms with Crippen molar-refractivity contribution in [2.45, 2.75) is 32.6 Å². The Kier molecular flexibility index (Phi) is 5.80. The van der Waals surface area contributed by atoms with Gasteiger partial charge in [-0.15, -0.1) is 11.3 Å². The number of nitrogens with zero attached hydrogens (tertiary/aromatic N) is 2. The molecule has 2 amide bonds. The third-order valence-electron chi connectivity index (χ3n) is 5.83. The lowest BCUT2D eigenvalue weighted by Gasteiger charge is -2.36. The van der Waals surface area contributed by atoms with Gasteiger partial charge in [-0.05, 0) is 50.2 Å². The third-order valence-corrected chi connectivity index (χ3v) is 6.97. The van der Waals surface area contributed by atoms with E-state index in [9.17, 15) is 9.59 Å². The van der Waals surface area contributed by atoms with Crippen LogP contribution in [-0.4, -0.2) is 67.6 Å². The number of rotatable bonds is 5. The average molecular weight is 392 g/mol. The van der Waals surface area contributed by atoms with E-state index in [2.05, 4.69) is 10.2 Å². The van der Waals surface area contributed by atoms with Gasteiger partial charge in [0, 0.05) is 38.6 Å². The molecule has 2 aliphatic heterocycles. The van der Waals surface area contributed by atoms with Crippen LogP contribution in [0.4, 0.5) is 5.00 Å². The molecule has 3 fully saturated rings. The van der Waals surface area contributed by atoms with Crippen LogP contribution in [0.5, 0.6) is 0 Å². The number of carbonyl (C=O) groups is 2. The maximum Gasteiger partial charge on any atom is 0.264 e. The van der Waals surface area contributed by atoms with Crippen LogP contribution in [0.1, 0.15) is 40.9 Å². The van der Waals surface area contributed by atoms with Gasteiger partial charge in [0.25, 0.3) is 5.91 Å². The Morgan fingerprint density at radius 2 is 1.85 bits per heavy atom. The Bertz CT molecular complexity index is 687. The summed E-state index contributed by atoms with van der Waals surface area (Å²) in [4.78, 5) is 30.2. The number of ether oxygens (including phenoxy) is 1. The zero-order valence-corrected chi connectivity index (χ0v) is 16.9. The highest BCUT2D eigenvalue weighted by molar-refractivity contribution is 7.18. The Labute approximate surface area is 164 Å². The molecule has 0 atom stereocenters. The summed E-state index contributed by atoms with van der Waals surface area (Å²) in [6.07, 6.45) is 4.11. The van der Waals surface area contributed by atoms with Crippen molar-refractivity contribution in [2.75, 3.05) is 51.3 Å². The molecule has 4 rings (SSSR count). The summed E-state index contributed by atoms with van der Waals surface area (Å²) in [7, 11) is 0. The smallest absolute Gasteiger partial charge is 0.264 e. The summed E-state index contributed by atoms with van der Waals surface area (Å²) < 4.78 is 5.42. The zero-order valence-electron chi connectivity index (χ0n) is 16.0. The standard InChI is InChI=1S/C20H29N3O3S/c1-14-12-17(21-19(24)16-2-3-16)27-18(14)20(25)23-6-4-15(5-7-23)13-22-8-10-26-11-9-22/h12,15-16H,2-11,13H2,1H3,(H,21,24). The quantitative estimate of drug-likeness (QED) is 0.838. The Morgan fingerprint density at radius 1 is 1.15 bits per heavy atom. The molecule has 2 saturated heterocycles. The van der Waals surface area contributed by atoms with Crippen LogP contribution in [0.2, 0.25) is 0 Å². The van der Waals surface area contributed by atoms with Gasteiger partial charge in [-0.1, -0.05) is 0 Å². The maximum absolute atomic E-state index is 13.0. The largest absolute Gasteiger partial charge is 0.379 e. The molecule has 0 bridgehead atoms. The van der Waals surface area contributed by atoms with Crippen molar-refractivity contribution in [1.29, 1.82) is 0 Å². The van der Waals surface area contributed by atoms with Crippen molar-refractivity contribution >= 4 is 28.2 Å². The van der Waals surface area contributed by atoms with Crippen LogP contribution >= 0.6 is 11.3 Å². The van der Waals surface area contributed by atoms with Crippen molar-refractivity contribution < 1.29 is 14.3 Å². The van der Waals surface area contributed by atoms with Gasteiger partial charge in [0.1, 0.15) is 0 Å². The Balaban J connectivity index is 1.29. The molecule has 0 unspecified atom stereocenters. The molecule has 1 aromatic rings. The lowest BCUT2D eigenvalue weighted by molar-refractivity contribution is -0.117. The normalized spacial score (nSPS) is 22.0. The van der Waals surface area contributed by atoms with E-state index in [0.717, 1.165) is 87.1 Å². The minimum Gasteiger partial charge on any atom is -0.379 e. The zero-order chi connectivity index (χ0) is 18.8. The van der Waals surface area contributed by atoms with E-state index in [1.165, 1.54) is 11.3 Å². The fraction of sp³-hybridized carbons (Fsp3) is 0.700. The van der Waals surface area contributed by atoms with E-state index in [1.54, 1.807) is 0 Å². The lowest BCUT2D eigenvalue weighted by atomic mass is 9.96. The number of hydrogen-bond acceptors (Lipinski definition) is 5. The predicted molar refractivity (Wildman–Crippen MR) is 106 cm³/mol. The number of thiophene rings is 1. The van der Waals surface area contributed by atoms with Gasteiger partial charge >= 0.3 is 0 Å². The molecule has 0 radical (unpaired) electrons. The Hall–Kier alpha value is -1.44. The SMILES string of the molecule is Cc1cc(NC(=O)C2CC2)sc1C(=O)N1CCC(CN2CCOCC2)CC1. The number of anilines is 1. The summed E-state index contributed by atoms with van der Waals surface area (Å²) in [5.74, 6) is 1.07. The minimum atomic E-state index is 0.0965. The van der Waals surface area contributed by atoms with Crippen LogP contribution < -0.4 is 5.32 Å². The van der Waals surface area contributed by atoms with Gasteiger partial charge < -0.3 is 15.0 Å². The van der Waals surface area contributed by atoms with Gasteiger partial charge in [-0.2, -0.15) is 0 Å². The van der Waals surface area contributed by atoms with E-state index in [-0.39, 0.29) is 17.7 Å². The molecule has 6 nitrogen and oxygen atoms in total. The van der Waals surface area contributed by atoms with Crippen molar-refractivity contribution in [3.63, 3.8) is 0 Å². The molecule has 0 aromatic carbocycles. The van der Waals surface area contributed by atoms with E-state index < -0.39 is 0 Å². The molecule has 1 saturated carbocycles. The number of likely N-dealkylation sites (tertiary alicyclic amines) is 1. The van der Waals surface area contributed by atoms with E-state index in [4.69, 9.17) is 4.74 Å².